The summed E-state index contributed by atoms with van der Waals surface area (Å²) in [6, 6.07) is 5.50. The summed E-state index contributed by atoms with van der Waals surface area (Å²) in [6.07, 6.45) is 1.98. The fraction of sp³-hybridized carbons (Fsp3) is 0.600. The Labute approximate surface area is 114 Å². The lowest BCUT2D eigenvalue weighted by Gasteiger charge is -2.36. The van der Waals surface area contributed by atoms with Crippen LogP contribution in [0, 0.1) is 5.82 Å². The van der Waals surface area contributed by atoms with E-state index in [-0.39, 0.29) is 17.2 Å². The third kappa shape index (κ3) is 3.91. The zero-order valence-electron chi connectivity index (χ0n) is 11.8. The molecule has 0 amide bonds. The van der Waals surface area contributed by atoms with E-state index >= 15 is 0 Å². The van der Waals surface area contributed by atoms with Gasteiger partial charge in [0.05, 0.1) is 12.7 Å². The monoisotopic (exact) mass is 267 g/mol. The standard InChI is InChI=1S/C15H22FNO2/c1-15(2)9-12(6-7-19-15)17-10-11-4-5-14(18-3)13(16)8-11/h4-5,8,12,17H,6-7,9-10H2,1-3H3. The van der Waals surface area contributed by atoms with Gasteiger partial charge >= 0.3 is 0 Å². The van der Waals surface area contributed by atoms with Crippen LogP contribution in [0.3, 0.4) is 0 Å². The van der Waals surface area contributed by atoms with Gasteiger partial charge in [0.25, 0.3) is 0 Å². The van der Waals surface area contributed by atoms with E-state index < -0.39 is 0 Å². The van der Waals surface area contributed by atoms with Crippen LogP contribution < -0.4 is 10.1 Å². The normalized spacial score (nSPS) is 22.2. The summed E-state index contributed by atoms with van der Waals surface area (Å²) in [6.45, 7) is 5.66. The Kier molecular flexibility index (Phi) is 4.42. The van der Waals surface area contributed by atoms with Crippen LogP contribution in [-0.4, -0.2) is 25.4 Å². The Hall–Kier alpha value is -1.13. The van der Waals surface area contributed by atoms with Crippen molar-refractivity contribution in [1.29, 1.82) is 0 Å². The molecule has 19 heavy (non-hydrogen) atoms. The van der Waals surface area contributed by atoms with Crippen molar-refractivity contribution in [2.24, 2.45) is 0 Å². The van der Waals surface area contributed by atoms with Crippen molar-refractivity contribution in [3.63, 3.8) is 0 Å². The van der Waals surface area contributed by atoms with Gasteiger partial charge in [0.1, 0.15) is 0 Å². The van der Waals surface area contributed by atoms with Crippen LogP contribution in [0.2, 0.25) is 0 Å². The maximum atomic E-state index is 13.6. The minimum atomic E-state index is -0.311. The Balaban J connectivity index is 1.90. The van der Waals surface area contributed by atoms with E-state index in [9.17, 15) is 4.39 Å². The van der Waals surface area contributed by atoms with Crippen molar-refractivity contribution in [1.82, 2.24) is 5.32 Å². The lowest BCUT2D eigenvalue weighted by molar-refractivity contribution is -0.0630. The molecule has 0 aromatic heterocycles. The molecule has 3 nitrogen and oxygen atoms in total. The van der Waals surface area contributed by atoms with Crippen molar-refractivity contribution in [2.45, 2.75) is 44.9 Å². The largest absolute Gasteiger partial charge is 0.494 e. The SMILES string of the molecule is COc1ccc(CNC2CCOC(C)(C)C2)cc1F. The van der Waals surface area contributed by atoms with E-state index in [1.807, 2.05) is 6.07 Å². The molecule has 1 fully saturated rings. The maximum absolute atomic E-state index is 13.6. The fourth-order valence-corrected chi connectivity index (χ4v) is 2.49. The second kappa shape index (κ2) is 5.88. The van der Waals surface area contributed by atoms with Crippen LogP contribution in [-0.2, 0) is 11.3 Å². The molecule has 106 valence electrons. The molecule has 0 saturated carbocycles. The molecule has 1 heterocycles. The van der Waals surface area contributed by atoms with Gasteiger partial charge in [-0.3, -0.25) is 0 Å². The van der Waals surface area contributed by atoms with Crippen LogP contribution in [0.4, 0.5) is 4.39 Å². The zero-order chi connectivity index (χ0) is 13.9. The van der Waals surface area contributed by atoms with Gasteiger partial charge in [-0.25, -0.2) is 4.39 Å². The van der Waals surface area contributed by atoms with Crippen molar-refractivity contribution in [2.75, 3.05) is 13.7 Å². The highest BCUT2D eigenvalue weighted by molar-refractivity contribution is 5.29. The number of nitrogens with one attached hydrogen (secondary N) is 1. The fourth-order valence-electron chi connectivity index (χ4n) is 2.49. The van der Waals surface area contributed by atoms with Gasteiger partial charge in [-0.05, 0) is 44.4 Å². The number of hydrogen-bond acceptors (Lipinski definition) is 3. The number of methoxy groups -OCH3 is 1. The summed E-state index contributed by atoms with van der Waals surface area (Å²) >= 11 is 0. The van der Waals surface area contributed by atoms with E-state index in [2.05, 4.69) is 19.2 Å². The second-order valence-corrected chi connectivity index (χ2v) is 5.65. The molecule has 0 bridgehead atoms. The predicted octanol–water partition coefficient (Wildman–Crippen LogP) is 2.88. The molecule has 1 aromatic rings. The van der Waals surface area contributed by atoms with E-state index in [1.54, 1.807) is 6.07 Å². The first-order chi connectivity index (χ1) is 9.00. The molecule has 1 unspecified atom stereocenters. The molecule has 1 aliphatic rings. The maximum Gasteiger partial charge on any atom is 0.165 e. The minimum absolute atomic E-state index is 0.0684. The summed E-state index contributed by atoms with van der Waals surface area (Å²) in [4.78, 5) is 0. The first kappa shape index (κ1) is 14.3. The van der Waals surface area contributed by atoms with Crippen molar-refractivity contribution in [3.8, 4) is 5.75 Å². The minimum Gasteiger partial charge on any atom is -0.494 e. The highest BCUT2D eigenvalue weighted by Crippen LogP contribution is 2.24. The summed E-state index contributed by atoms with van der Waals surface area (Å²) < 4.78 is 24.2. The van der Waals surface area contributed by atoms with Crippen LogP contribution in [0.1, 0.15) is 32.3 Å². The van der Waals surface area contributed by atoms with E-state index in [4.69, 9.17) is 9.47 Å². The van der Waals surface area contributed by atoms with E-state index in [1.165, 1.54) is 13.2 Å². The Morgan fingerprint density at radius 1 is 1.47 bits per heavy atom. The molecule has 0 radical (unpaired) electrons. The number of benzene rings is 1. The number of rotatable bonds is 4. The first-order valence-electron chi connectivity index (χ1n) is 6.70. The molecule has 4 heteroatoms. The summed E-state index contributed by atoms with van der Waals surface area (Å²) in [5.41, 5.74) is 0.865. The molecule has 1 N–H and O–H groups in total. The third-order valence-electron chi connectivity index (χ3n) is 3.51. The van der Waals surface area contributed by atoms with Crippen LogP contribution in [0.25, 0.3) is 0 Å². The summed E-state index contributed by atoms with van der Waals surface area (Å²) in [5.74, 6) is -0.0231. The molecule has 0 aliphatic carbocycles. The predicted molar refractivity (Wildman–Crippen MR) is 72.8 cm³/mol. The average molecular weight is 267 g/mol. The molecule has 1 aliphatic heterocycles. The molecule has 1 aromatic carbocycles. The van der Waals surface area contributed by atoms with Gasteiger partial charge in [-0.2, -0.15) is 0 Å². The Morgan fingerprint density at radius 2 is 2.26 bits per heavy atom. The number of ether oxygens (including phenoxy) is 2. The lowest BCUT2D eigenvalue weighted by atomic mass is 9.94. The van der Waals surface area contributed by atoms with Crippen molar-refractivity contribution >= 4 is 0 Å². The quantitative estimate of drug-likeness (QED) is 0.910. The lowest BCUT2D eigenvalue weighted by Crippen LogP contribution is -2.43. The van der Waals surface area contributed by atoms with E-state index in [0.29, 0.717) is 12.6 Å². The average Bonchev–Trinajstić information content (AvgIpc) is 2.35. The zero-order valence-corrected chi connectivity index (χ0v) is 11.8. The van der Waals surface area contributed by atoms with Gasteiger partial charge in [0.15, 0.2) is 11.6 Å². The van der Waals surface area contributed by atoms with Crippen molar-refractivity contribution in [3.05, 3.63) is 29.6 Å². The third-order valence-corrected chi connectivity index (χ3v) is 3.51. The smallest absolute Gasteiger partial charge is 0.165 e. The van der Waals surface area contributed by atoms with Gasteiger partial charge in [-0.1, -0.05) is 6.07 Å². The van der Waals surface area contributed by atoms with Gasteiger partial charge in [0.2, 0.25) is 0 Å². The number of hydrogen-bond donors (Lipinski definition) is 1. The van der Waals surface area contributed by atoms with Gasteiger partial charge in [-0.15, -0.1) is 0 Å². The van der Waals surface area contributed by atoms with Gasteiger partial charge in [0, 0.05) is 19.2 Å². The van der Waals surface area contributed by atoms with Crippen LogP contribution in [0.5, 0.6) is 5.75 Å². The molecule has 0 spiro atoms. The topological polar surface area (TPSA) is 30.5 Å². The van der Waals surface area contributed by atoms with Gasteiger partial charge < -0.3 is 14.8 Å². The summed E-state index contributed by atoms with van der Waals surface area (Å²) in [5, 5.41) is 3.47. The van der Waals surface area contributed by atoms with Crippen molar-refractivity contribution < 1.29 is 13.9 Å². The van der Waals surface area contributed by atoms with E-state index in [0.717, 1.165) is 25.0 Å². The number of halogens is 1. The summed E-state index contributed by atoms with van der Waals surface area (Å²) in [7, 11) is 1.47. The molecule has 1 atom stereocenters. The highest BCUT2D eigenvalue weighted by atomic mass is 19.1. The first-order valence-corrected chi connectivity index (χ1v) is 6.70. The molecule has 1 saturated heterocycles. The molecular formula is C15H22FNO2. The Morgan fingerprint density at radius 3 is 2.89 bits per heavy atom. The molecular weight excluding hydrogens is 245 g/mol. The highest BCUT2D eigenvalue weighted by Gasteiger charge is 2.28. The van der Waals surface area contributed by atoms with Crippen LogP contribution >= 0.6 is 0 Å². The molecule has 2 rings (SSSR count). The second-order valence-electron chi connectivity index (χ2n) is 5.65. The Bertz CT molecular complexity index is 434. The van der Waals surface area contributed by atoms with Crippen LogP contribution in [0.15, 0.2) is 18.2 Å².